The molecule has 1 aromatic heterocycles. The number of anilines is 1. The van der Waals surface area contributed by atoms with Crippen molar-refractivity contribution in [2.75, 3.05) is 5.32 Å². The summed E-state index contributed by atoms with van der Waals surface area (Å²) in [4.78, 5) is 0. The van der Waals surface area contributed by atoms with Crippen LogP contribution in [0.25, 0.3) is 0 Å². The Balaban J connectivity index is 1.79. The fraction of sp³-hybridized carbons (Fsp3) is 0.250. The van der Waals surface area contributed by atoms with Gasteiger partial charge in [-0.05, 0) is 39.3 Å². The Hall–Kier alpha value is -1.45. The van der Waals surface area contributed by atoms with Gasteiger partial charge in [0.25, 0.3) is 0 Å². The molecule has 0 saturated heterocycles. The quantitative estimate of drug-likeness (QED) is 0.488. The fourth-order valence-electron chi connectivity index (χ4n) is 1.68. The van der Waals surface area contributed by atoms with Crippen LogP contribution in [0.3, 0.4) is 0 Å². The zero-order valence-electron chi connectivity index (χ0n) is 10.6. The highest BCUT2D eigenvalue weighted by Gasteiger charge is 2.40. The molecule has 1 saturated carbocycles. The Bertz CT molecular complexity index is 692. The third-order valence-electron chi connectivity index (χ3n) is 2.90. The monoisotopic (exact) mass is 372 g/mol. The summed E-state index contributed by atoms with van der Waals surface area (Å²) in [5, 5.41) is 18.3. The van der Waals surface area contributed by atoms with Crippen molar-refractivity contribution in [3.8, 4) is 0 Å². The van der Waals surface area contributed by atoms with Crippen molar-refractivity contribution in [2.24, 2.45) is 0 Å². The van der Waals surface area contributed by atoms with E-state index in [4.69, 9.17) is 5.41 Å². The Labute approximate surface area is 130 Å². The molecule has 1 aliphatic rings. The van der Waals surface area contributed by atoms with Crippen molar-refractivity contribution in [2.45, 2.75) is 23.1 Å². The highest BCUT2D eigenvalue weighted by atomic mass is 79.9. The number of hydrogen-bond acceptors (Lipinski definition) is 5. The van der Waals surface area contributed by atoms with E-state index >= 15 is 0 Å². The van der Waals surface area contributed by atoms with Crippen LogP contribution >= 0.6 is 15.9 Å². The molecule has 110 valence electrons. The molecule has 0 bridgehead atoms. The first-order valence-electron chi connectivity index (χ1n) is 6.10. The third kappa shape index (κ3) is 3.09. The Morgan fingerprint density at radius 1 is 1.48 bits per heavy atom. The lowest BCUT2D eigenvalue weighted by molar-refractivity contribution is 0.297. The lowest BCUT2D eigenvalue weighted by Gasteiger charge is -2.09. The van der Waals surface area contributed by atoms with E-state index in [1.807, 2.05) is 0 Å². The van der Waals surface area contributed by atoms with Crippen LogP contribution in [0.5, 0.6) is 0 Å². The molecule has 1 aliphatic carbocycles. The molecule has 1 atom stereocenters. The van der Waals surface area contributed by atoms with E-state index in [-0.39, 0.29) is 26.3 Å². The number of hydrogen-bond donors (Lipinski definition) is 2. The van der Waals surface area contributed by atoms with E-state index < -0.39 is 17.0 Å². The second-order valence-electron chi connectivity index (χ2n) is 4.54. The van der Waals surface area contributed by atoms with Gasteiger partial charge in [0.15, 0.2) is 5.84 Å². The van der Waals surface area contributed by atoms with Gasteiger partial charge in [0.1, 0.15) is 11.1 Å². The largest absolute Gasteiger partial charge is 0.610 e. The van der Waals surface area contributed by atoms with Crippen LogP contribution < -0.4 is 5.32 Å². The van der Waals surface area contributed by atoms with Crippen LogP contribution in [0.15, 0.2) is 32.3 Å². The van der Waals surface area contributed by atoms with Crippen LogP contribution in [-0.2, 0) is 11.2 Å². The summed E-state index contributed by atoms with van der Waals surface area (Å²) in [6.07, 6.45) is 1.76. The molecular formula is C12H10BrFN4O2S. The van der Waals surface area contributed by atoms with Crippen LogP contribution in [0, 0.1) is 11.2 Å². The molecule has 2 N–H and O–H groups in total. The molecule has 0 spiro atoms. The maximum Gasteiger partial charge on any atom is 0.314 e. The number of nitrogens with zero attached hydrogens (tertiary/aromatic N) is 2. The summed E-state index contributed by atoms with van der Waals surface area (Å²) in [5.74, 6) is -0.496. The minimum atomic E-state index is -1.31. The summed E-state index contributed by atoms with van der Waals surface area (Å²) in [7, 11) is 0. The van der Waals surface area contributed by atoms with Gasteiger partial charge >= 0.3 is 5.03 Å². The van der Waals surface area contributed by atoms with Gasteiger partial charge in [-0.15, -0.1) is 0 Å². The number of nitrogens with one attached hydrogen (secondary N) is 2. The predicted octanol–water partition coefficient (Wildman–Crippen LogP) is 2.68. The van der Waals surface area contributed by atoms with Crippen molar-refractivity contribution in [1.82, 2.24) is 10.3 Å². The second kappa shape index (κ2) is 5.74. The van der Waals surface area contributed by atoms with E-state index in [0.717, 1.165) is 12.8 Å². The summed E-state index contributed by atoms with van der Waals surface area (Å²) < 4.78 is 30.2. The maximum atomic E-state index is 13.2. The van der Waals surface area contributed by atoms with E-state index in [9.17, 15) is 8.94 Å². The number of benzene rings is 1. The van der Waals surface area contributed by atoms with Gasteiger partial charge in [0.05, 0.1) is 4.47 Å². The molecule has 0 radical (unpaired) electrons. The number of amidine groups is 1. The molecular weight excluding hydrogens is 363 g/mol. The third-order valence-corrected chi connectivity index (χ3v) is 5.24. The molecule has 21 heavy (non-hydrogen) atoms. The van der Waals surface area contributed by atoms with E-state index in [0.29, 0.717) is 5.69 Å². The maximum absolute atomic E-state index is 13.2. The molecule has 1 fully saturated rings. The minimum Gasteiger partial charge on any atom is -0.610 e. The molecule has 0 amide bonds. The Morgan fingerprint density at radius 3 is 2.90 bits per heavy atom. The molecule has 6 nitrogen and oxygen atoms in total. The highest BCUT2D eigenvalue weighted by Crippen LogP contribution is 2.33. The topological polar surface area (TPSA) is 97.9 Å². The summed E-state index contributed by atoms with van der Waals surface area (Å²) in [6, 6.07) is 4.25. The lowest BCUT2D eigenvalue weighted by Crippen LogP contribution is -2.18. The van der Waals surface area contributed by atoms with Gasteiger partial charge in [-0.1, -0.05) is 0 Å². The molecule has 9 heteroatoms. The van der Waals surface area contributed by atoms with Crippen molar-refractivity contribution in [3.05, 3.63) is 34.2 Å². The van der Waals surface area contributed by atoms with Crippen molar-refractivity contribution >= 4 is 38.6 Å². The van der Waals surface area contributed by atoms with E-state index in [1.54, 1.807) is 0 Å². The van der Waals surface area contributed by atoms with Crippen molar-refractivity contribution in [3.63, 3.8) is 0 Å². The first kappa shape index (κ1) is 14.5. The highest BCUT2D eigenvalue weighted by molar-refractivity contribution is 9.10. The summed E-state index contributed by atoms with van der Waals surface area (Å²) >= 11 is 1.76. The van der Waals surface area contributed by atoms with Gasteiger partial charge in [-0.3, -0.25) is 5.41 Å². The van der Waals surface area contributed by atoms with Gasteiger partial charge in [0, 0.05) is 34.9 Å². The average Bonchev–Trinajstić information content (AvgIpc) is 3.18. The van der Waals surface area contributed by atoms with E-state index in [1.165, 1.54) is 18.2 Å². The first-order valence-corrected chi connectivity index (χ1v) is 8.11. The number of halogens is 2. The zero-order chi connectivity index (χ0) is 15.0. The van der Waals surface area contributed by atoms with Crippen LogP contribution in [0.1, 0.15) is 18.5 Å². The average molecular weight is 373 g/mol. The smallest absolute Gasteiger partial charge is 0.314 e. The Kier molecular flexibility index (Phi) is 3.96. The van der Waals surface area contributed by atoms with E-state index in [2.05, 4.69) is 36.2 Å². The summed E-state index contributed by atoms with van der Waals surface area (Å²) in [6.45, 7) is 0. The zero-order valence-corrected chi connectivity index (χ0v) is 13.0. The lowest BCUT2D eigenvalue weighted by atomic mass is 10.3. The first-order chi connectivity index (χ1) is 10.1. The molecule has 3 rings (SSSR count). The molecule has 0 aliphatic heterocycles. The number of rotatable bonds is 4. The minimum absolute atomic E-state index is 0.0726. The molecule has 1 heterocycles. The van der Waals surface area contributed by atoms with Crippen LogP contribution in [0.2, 0.25) is 0 Å². The molecule has 1 unspecified atom stereocenters. The van der Waals surface area contributed by atoms with Gasteiger partial charge in [-0.25, -0.2) is 9.02 Å². The van der Waals surface area contributed by atoms with Gasteiger partial charge in [-0.2, -0.15) is 0 Å². The standard InChI is InChI=1S/C12H10BrFN4O2S/c13-8-5-6(1-4-9(8)14)16-11(15)10-12(18-20-17-10)21(19)7-2-3-7/h1,4-5,7H,2-3H2,(H2,15,16). The Morgan fingerprint density at radius 2 is 2.24 bits per heavy atom. The van der Waals surface area contributed by atoms with Crippen LogP contribution in [0.4, 0.5) is 10.1 Å². The SMILES string of the molecule is N=C(Nc1ccc(F)c(Br)c1)c1nonc1[S+]([O-])C1CC1. The van der Waals surface area contributed by atoms with Gasteiger partial charge in [0.2, 0.25) is 5.69 Å². The van der Waals surface area contributed by atoms with Crippen molar-refractivity contribution in [1.29, 1.82) is 5.41 Å². The fourth-order valence-corrected chi connectivity index (χ4v) is 3.38. The predicted molar refractivity (Wildman–Crippen MR) is 78.3 cm³/mol. The van der Waals surface area contributed by atoms with Crippen LogP contribution in [-0.4, -0.2) is 26.0 Å². The van der Waals surface area contributed by atoms with Crippen molar-refractivity contribution < 1.29 is 13.6 Å². The second-order valence-corrected chi connectivity index (χ2v) is 7.05. The molecule has 1 aromatic carbocycles. The summed E-state index contributed by atoms with van der Waals surface area (Å²) in [5.41, 5.74) is 0.611. The van der Waals surface area contributed by atoms with Gasteiger partial charge < -0.3 is 9.87 Å². The molecule has 2 aromatic rings. The normalized spacial score (nSPS) is 15.8. The number of aromatic nitrogens is 2.